The minimum Gasteiger partial charge on any atom is -0.326 e. The number of hydrogen-bond acceptors (Lipinski definition) is 4. The van der Waals surface area contributed by atoms with Gasteiger partial charge >= 0.3 is 0 Å². The van der Waals surface area contributed by atoms with Crippen molar-refractivity contribution in [3.63, 3.8) is 0 Å². The number of allylic oxidation sites excluding steroid dienone is 1. The number of hydrogen-bond donors (Lipinski definition) is 1. The summed E-state index contributed by atoms with van der Waals surface area (Å²) in [7, 11) is -1.76. The predicted molar refractivity (Wildman–Crippen MR) is 71.5 cm³/mol. The molecule has 0 fully saturated rings. The van der Waals surface area contributed by atoms with Crippen molar-refractivity contribution in [2.75, 3.05) is 13.6 Å². The lowest BCUT2D eigenvalue weighted by Gasteiger charge is -2.15. The molecule has 0 spiro atoms. The SMILES string of the molecule is C=CCCCN(C)S(=O)(=O)c1csc(CN)c1. The summed E-state index contributed by atoms with van der Waals surface area (Å²) >= 11 is 1.38. The zero-order valence-corrected chi connectivity index (χ0v) is 11.6. The summed E-state index contributed by atoms with van der Waals surface area (Å²) in [6, 6.07) is 1.64. The van der Waals surface area contributed by atoms with Crippen LogP contribution in [0.25, 0.3) is 0 Å². The second-order valence-corrected chi connectivity index (χ2v) is 6.75. The van der Waals surface area contributed by atoms with Crippen LogP contribution in [0.3, 0.4) is 0 Å². The summed E-state index contributed by atoms with van der Waals surface area (Å²) in [4.78, 5) is 1.21. The van der Waals surface area contributed by atoms with E-state index in [2.05, 4.69) is 6.58 Å². The van der Waals surface area contributed by atoms with Crippen molar-refractivity contribution in [3.8, 4) is 0 Å². The molecule has 0 amide bonds. The third-order valence-electron chi connectivity index (χ3n) is 2.42. The van der Waals surface area contributed by atoms with Crippen molar-refractivity contribution < 1.29 is 8.42 Å². The molecule has 0 bridgehead atoms. The molecule has 0 unspecified atom stereocenters. The molecule has 1 heterocycles. The van der Waals surface area contributed by atoms with Crippen LogP contribution in [0.1, 0.15) is 17.7 Å². The molecule has 17 heavy (non-hydrogen) atoms. The number of sulfonamides is 1. The van der Waals surface area contributed by atoms with E-state index in [-0.39, 0.29) is 0 Å². The second-order valence-electron chi connectivity index (χ2n) is 3.71. The zero-order valence-electron chi connectivity index (χ0n) is 9.93. The molecule has 1 rings (SSSR count). The summed E-state index contributed by atoms with van der Waals surface area (Å²) in [5.74, 6) is 0. The van der Waals surface area contributed by atoms with Crippen LogP contribution in [0.15, 0.2) is 29.0 Å². The molecular formula is C11H18N2O2S2. The number of unbranched alkanes of at least 4 members (excludes halogenated alkanes) is 1. The molecular weight excluding hydrogens is 256 g/mol. The van der Waals surface area contributed by atoms with E-state index in [1.807, 2.05) is 0 Å². The second kappa shape index (κ2) is 6.30. The molecule has 4 nitrogen and oxygen atoms in total. The largest absolute Gasteiger partial charge is 0.326 e. The first kappa shape index (κ1) is 14.4. The van der Waals surface area contributed by atoms with E-state index < -0.39 is 10.0 Å². The fraction of sp³-hybridized carbons (Fsp3) is 0.455. The number of nitrogens with zero attached hydrogens (tertiary/aromatic N) is 1. The monoisotopic (exact) mass is 274 g/mol. The van der Waals surface area contributed by atoms with Gasteiger partial charge in [-0.1, -0.05) is 6.08 Å². The highest BCUT2D eigenvalue weighted by Gasteiger charge is 2.21. The number of rotatable bonds is 7. The Morgan fingerprint density at radius 2 is 2.29 bits per heavy atom. The molecule has 0 atom stereocenters. The van der Waals surface area contributed by atoms with Crippen LogP contribution in [0.5, 0.6) is 0 Å². The molecule has 96 valence electrons. The third kappa shape index (κ3) is 3.64. The van der Waals surface area contributed by atoms with Crippen LogP contribution < -0.4 is 5.73 Å². The van der Waals surface area contributed by atoms with Gasteiger partial charge in [0.1, 0.15) is 0 Å². The van der Waals surface area contributed by atoms with Gasteiger partial charge in [0.25, 0.3) is 0 Å². The lowest BCUT2D eigenvalue weighted by molar-refractivity contribution is 0.463. The zero-order chi connectivity index (χ0) is 12.9. The minimum atomic E-state index is -3.35. The molecule has 0 saturated heterocycles. The van der Waals surface area contributed by atoms with Gasteiger partial charge in [-0.2, -0.15) is 0 Å². The van der Waals surface area contributed by atoms with E-state index in [0.717, 1.165) is 17.7 Å². The predicted octanol–water partition coefficient (Wildman–Crippen LogP) is 1.79. The Morgan fingerprint density at radius 3 is 2.82 bits per heavy atom. The van der Waals surface area contributed by atoms with Crippen LogP contribution in [-0.4, -0.2) is 26.3 Å². The molecule has 1 aromatic heterocycles. The highest BCUT2D eigenvalue weighted by molar-refractivity contribution is 7.89. The van der Waals surface area contributed by atoms with Crippen LogP contribution in [0.2, 0.25) is 0 Å². The number of thiophene rings is 1. The fourth-order valence-electron chi connectivity index (χ4n) is 1.36. The molecule has 0 aliphatic carbocycles. The van der Waals surface area contributed by atoms with Gasteiger partial charge in [-0.15, -0.1) is 17.9 Å². The minimum absolute atomic E-state index is 0.337. The Labute approximate surface area is 107 Å². The summed E-state index contributed by atoms with van der Waals surface area (Å²) < 4.78 is 25.6. The summed E-state index contributed by atoms with van der Waals surface area (Å²) in [6.45, 7) is 4.49. The maximum absolute atomic E-state index is 12.1. The summed E-state index contributed by atoms with van der Waals surface area (Å²) in [6.07, 6.45) is 3.39. The Bertz CT molecular complexity index is 466. The van der Waals surface area contributed by atoms with E-state index in [0.29, 0.717) is 18.0 Å². The van der Waals surface area contributed by atoms with Gasteiger partial charge in [0.05, 0.1) is 4.90 Å². The first-order valence-corrected chi connectivity index (χ1v) is 7.69. The van der Waals surface area contributed by atoms with Crippen LogP contribution in [0.4, 0.5) is 0 Å². The lowest BCUT2D eigenvalue weighted by Crippen LogP contribution is -2.27. The van der Waals surface area contributed by atoms with Crippen LogP contribution >= 0.6 is 11.3 Å². The van der Waals surface area contributed by atoms with Crippen molar-refractivity contribution in [2.45, 2.75) is 24.3 Å². The topological polar surface area (TPSA) is 63.4 Å². The molecule has 0 aromatic carbocycles. The van der Waals surface area contributed by atoms with Gasteiger partial charge < -0.3 is 5.73 Å². The van der Waals surface area contributed by atoms with E-state index in [4.69, 9.17) is 5.73 Å². The van der Waals surface area contributed by atoms with Crippen molar-refractivity contribution in [1.29, 1.82) is 0 Å². The highest BCUT2D eigenvalue weighted by Crippen LogP contribution is 2.21. The maximum Gasteiger partial charge on any atom is 0.243 e. The summed E-state index contributed by atoms with van der Waals surface area (Å²) in [5, 5.41) is 1.64. The van der Waals surface area contributed by atoms with E-state index in [1.54, 1.807) is 24.6 Å². The molecule has 1 aromatic rings. The Kier molecular flexibility index (Phi) is 5.32. The van der Waals surface area contributed by atoms with Gasteiger partial charge in [0.15, 0.2) is 0 Å². The summed E-state index contributed by atoms with van der Waals surface area (Å²) in [5.41, 5.74) is 5.47. The smallest absolute Gasteiger partial charge is 0.243 e. The molecule has 2 N–H and O–H groups in total. The quantitative estimate of drug-likeness (QED) is 0.609. The van der Waals surface area contributed by atoms with E-state index >= 15 is 0 Å². The molecule has 0 aliphatic rings. The highest BCUT2D eigenvalue weighted by atomic mass is 32.2. The first-order valence-electron chi connectivity index (χ1n) is 5.37. The standard InChI is InChI=1S/C11H18N2O2S2/c1-3-4-5-6-13(2)17(14,15)11-7-10(8-12)16-9-11/h3,7,9H,1,4-6,8,12H2,2H3. The molecule has 0 saturated carbocycles. The van der Waals surface area contributed by atoms with Crippen molar-refractivity contribution >= 4 is 21.4 Å². The van der Waals surface area contributed by atoms with Crippen LogP contribution in [-0.2, 0) is 16.6 Å². The molecule has 6 heteroatoms. The van der Waals surface area contributed by atoms with E-state index in [9.17, 15) is 8.42 Å². The van der Waals surface area contributed by atoms with E-state index in [1.165, 1.54) is 15.6 Å². The van der Waals surface area contributed by atoms with Gasteiger partial charge in [-0.05, 0) is 18.9 Å². The molecule has 0 radical (unpaired) electrons. The Morgan fingerprint density at radius 1 is 1.59 bits per heavy atom. The van der Waals surface area contributed by atoms with Gasteiger partial charge in [0.2, 0.25) is 10.0 Å². The van der Waals surface area contributed by atoms with Crippen molar-refractivity contribution in [2.24, 2.45) is 5.73 Å². The van der Waals surface area contributed by atoms with Crippen molar-refractivity contribution in [1.82, 2.24) is 4.31 Å². The number of nitrogens with two attached hydrogens (primary N) is 1. The lowest BCUT2D eigenvalue weighted by atomic mass is 10.3. The van der Waals surface area contributed by atoms with Gasteiger partial charge in [-0.25, -0.2) is 12.7 Å². The third-order valence-corrected chi connectivity index (χ3v) is 5.36. The molecule has 0 aliphatic heterocycles. The van der Waals surface area contributed by atoms with Gasteiger partial charge in [-0.3, -0.25) is 0 Å². The average Bonchev–Trinajstić information content (AvgIpc) is 2.78. The Balaban J connectivity index is 2.76. The van der Waals surface area contributed by atoms with Crippen LogP contribution in [0, 0.1) is 0 Å². The maximum atomic E-state index is 12.1. The van der Waals surface area contributed by atoms with Crippen molar-refractivity contribution in [3.05, 3.63) is 29.0 Å². The Hall–Kier alpha value is -0.690. The van der Waals surface area contributed by atoms with Gasteiger partial charge in [0, 0.05) is 30.4 Å². The average molecular weight is 274 g/mol. The fourth-order valence-corrected chi connectivity index (χ4v) is 3.71. The first-order chi connectivity index (χ1) is 8.02. The normalized spacial score (nSPS) is 11.9.